The number of morpholine rings is 1. The Balaban J connectivity index is 2.05. The predicted octanol–water partition coefficient (Wildman–Crippen LogP) is 1.41. The van der Waals surface area contributed by atoms with E-state index < -0.39 is 5.97 Å². The van der Waals surface area contributed by atoms with E-state index in [0.29, 0.717) is 24.8 Å². The summed E-state index contributed by atoms with van der Waals surface area (Å²) in [5.41, 5.74) is 0.962. The van der Waals surface area contributed by atoms with Crippen LogP contribution in [0.5, 0.6) is 0 Å². The van der Waals surface area contributed by atoms with Crippen LogP contribution in [0.1, 0.15) is 12.0 Å². The predicted molar refractivity (Wildman–Crippen MR) is 66.5 cm³/mol. The highest BCUT2D eigenvalue weighted by atomic mass is 35.5. The van der Waals surface area contributed by atoms with Crippen molar-refractivity contribution in [2.45, 2.75) is 19.0 Å². The molecule has 0 saturated carbocycles. The number of hydrogen-bond acceptors (Lipinski definition) is 4. The second kappa shape index (κ2) is 6.13. The normalized spacial score (nSPS) is 20.8. The molecule has 1 atom stereocenters. The zero-order valence-electron chi connectivity index (χ0n) is 9.88. The Hall–Kier alpha value is -1.17. The van der Waals surface area contributed by atoms with E-state index in [-0.39, 0.29) is 12.5 Å². The second-order valence-corrected chi connectivity index (χ2v) is 4.67. The van der Waals surface area contributed by atoms with Gasteiger partial charge in [0, 0.05) is 31.5 Å². The molecule has 0 aromatic carbocycles. The minimum atomic E-state index is -0.809. The largest absolute Gasteiger partial charge is 0.481 e. The maximum Gasteiger partial charge on any atom is 0.305 e. The smallest absolute Gasteiger partial charge is 0.305 e. The number of aliphatic carboxylic acids is 1. The third kappa shape index (κ3) is 3.41. The van der Waals surface area contributed by atoms with Crippen LogP contribution < -0.4 is 0 Å². The lowest BCUT2D eigenvalue weighted by molar-refractivity contribution is -0.140. The lowest BCUT2D eigenvalue weighted by atomic mass is 10.1. The summed E-state index contributed by atoms with van der Waals surface area (Å²) in [4.78, 5) is 16.8. The Kier molecular flexibility index (Phi) is 4.52. The minimum Gasteiger partial charge on any atom is -0.481 e. The van der Waals surface area contributed by atoms with Gasteiger partial charge in [0.15, 0.2) is 0 Å². The molecule has 2 heterocycles. The molecule has 1 unspecified atom stereocenters. The first-order valence-electron chi connectivity index (χ1n) is 5.79. The SMILES string of the molecule is O=C(O)CC1COCCN1Cc1ccncc1Cl. The van der Waals surface area contributed by atoms with Crippen LogP contribution in [0.25, 0.3) is 0 Å². The molecule has 18 heavy (non-hydrogen) atoms. The van der Waals surface area contributed by atoms with Crippen molar-refractivity contribution in [2.24, 2.45) is 0 Å². The molecule has 0 radical (unpaired) electrons. The van der Waals surface area contributed by atoms with Gasteiger partial charge in [-0.15, -0.1) is 0 Å². The number of carboxylic acids is 1. The van der Waals surface area contributed by atoms with E-state index in [1.54, 1.807) is 12.4 Å². The number of ether oxygens (including phenoxy) is 1. The number of aromatic nitrogens is 1. The van der Waals surface area contributed by atoms with Crippen molar-refractivity contribution in [1.29, 1.82) is 0 Å². The fourth-order valence-electron chi connectivity index (χ4n) is 2.04. The molecule has 1 aliphatic rings. The molecule has 1 aromatic rings. The van der Waals surface area contributed by atoms with Crippen LogP contribution in [0.2, 0.25) is 5.02 Å². The molecule has 2 rings (SSSR count). The van der Waals surface area contributed by atoms with Crippen molar-refractivity contribution in [3.05, 3.63) is 29.0 Å². The number of carboxylic acid groups (broad SMARTS) is 1. The number of rotatable bonds is 4. The van der Waals surface area contributed by atoms with Crippen molar-refractivity contribution >= 4 is 17.6 Å². The van der Waals surface area contributed by atoms with Gasteiger partial charge < -0.3 is 9.84 Å². The monoisotopic (exact) mass is 270 g/mol. The summed E-state index contributed by atoms with van der Waals surface area (Å²) in [7, 11) is 0. The van der Waals surface area contributed by atoms with Crippen LogP contribution in [-0.4, -0.2) is 46.8 Å². The first kappa shape index (κ1) is 13.3. The molecule has 98 valence electrons. The van der Waals surface area contributed by atoms with Crippen LogP contribution in [0.15, 0.2) is 18.5 Å². The van der Waals surface area contributed by atoms with Crippen molar-refractivity contribution < 1.29 is 14.6 Å². The van der Waals surface area contributed by atoms with Gasteiger partial charge in [-0.1, -0.05) is 11.6 Å². The average Bonchev–Trinajstić information content (AvgIpc) is 2.34. The number of pyridine rings is 1. The second-order valence-electron chi connectivity index (χ2n) is 4.26. The molecular formula is C12H15ClN2O3. The maximum absolute atomic E-state index is 10.8. The van der Waals surface area contributed by atoms with Gasteiger partial charge >= 0.3 is 5.97 Å². The molecule has 0 aliphatic carbocycles. The lowest BCUT2D eigenvalue weighted by Crippen LogP contribution is -2.45. The third-order valence-electron chi connectivity index (χ3n) is 2.99. The fourth-order valence-corrected chi connectivity index (χ4v) is 2.22. The summed E-state index contributed by atoms with van der Waals surface area (Å²) in [5, 5.41) is 9.50. The van der Waals surface area contributed by atoms with Gasteiger partial charge in [0.05, 0.1) is 24.7 Å². The van der Waals surface area contributed by atoms with Crippen molar-refractivity contribution in [1.82, 2.24) is 9.88 Å². The first-order valence-corrected chi connectivity index (χ1v) is 6.16. The summed E-state index contributed by atoms with van der Waals surface area (Å²) >= 11 is 6.06. The molecule has 6 heteroatoms. The molecular weight excluding hydrogens is 256 g/mol. The quantitative estimate of drug-likeness (QED) is 0.896. The number of hydrogen-bond donors (Lipinski definition) is 1. The number of carbonyl (C=O) groups is 1. The van der Waals surface area contributed by atoms with Crippen LogP contribution in [-0.2, 0) is 16.1 Å². The van der Waals surface area contributed by atoms with Gasteiger partial charge in [0.1, 0.15) is 0 Å². The standard InChI is InChI=1S/C12H15ClN2O3/c13-11-6-14-2-1-9(11)7-15-3-4-18-8-10(15)5-12(16)17/h1-2,6,10H,3-5,7-8H2,(H,16,17). The van der Waals surface area contributed by atoms with E-state index in [0.717, 1.165) is 12.1 Å². The van der Waals surface area contributed by atoms with Gasteiger partial charge in [0.25, 0.3) is 0 Å². The Morgan fingerprint density at radius 3 is 3.22 bits per heavy atom. The lowest BCUT2D eigenvalue weighted by Gasteiger charge is -2.34. The average molecular weight is 271 g/mol. The summed E-state index contributed by atoms with van der Waals surface area (Å²) in [6.07, 6.45) is 3.38. The minimum absolute atomic E-state index is 0.0860. The molecule has 1 aromatic heterocycles. The van der Waals surface area contributed by atoms with Crippen molar-refractivity contribution in [3.8, 4) is 0 Å². The van der Waals surface area contributed by atoms with E-state index in [1.807, 2.05) is 6.07 Å². The molecule has 0 spiro atoms. The van der Waals surface area contributed by atoms with Gasteiger partial charge in [-0.3, -0.25) is 14.7 Å². The zero-order chi connectivity index (χ0) is 13.0. The molecule has 1 aliphatic heterocycles. The fraction of sp³-hybridized carbons (Fsp3) is 0.500. The van der Waals surface area contributed by atoms with Crippen LogP contribution >= 0.6 is 11.6 Å². The summed E-state index contributed by atoms with van der Waals surface area (Å²) in [6, 6.07) is 1.76. The van der Waals surface area contributed by atoms with E-state index in [1.165, 1.54) is 0 Å². The molecule has 0 amide bonds. The topological polar surface area (TPSA) is 62.7 Å². The van der Waals surface area contributed by atoms with Crippen LogP contribution in [0, 0.1) is 0 Å². The van der Waals surface area contributed by atoms with Gasteiger partial charge in [-0.25, -0.2) is 0 Å². The van der Waals surface area contributed by atoms with E-state index in [4.69, 9.17) is 21.4 Å². The Morgan fingerprint density at radius 2 is 2.50 bits per heavy atom. The van der Waals surface area contributed by atoms with Gasteiger partial charge in [0.2, 0.25) is 0 Å². The van der Waals surface area contributed by atoms with Gasteiger partial charge in [-0.05, 0) is 11.6 Å². The van der Waals surface area contributed by atoms with Crippen LogP contribution in [0.4, 0.5) is 0 Å². The summed E-state index contributed by atoms with van der Waals surface area (Å²) in [6.45, 7) is 2.42. The highest BCUT2D eigenvalue weighted by molar-refractivity contribution is 6.31. The van der Waals surface area contributed by atoms with E-state index >= 15 is 0 Å². The number of nitrogens with zero attached hydrogens (tertiary/aromatic N) is 2. The van der Waals surface area contributed by atoms with Crippen molar-refractivity contribution in [2.75, 3.05) is 19.8 Å². The summed E-state index contributed by atoms with van der Waals surface area (Å²) < 4.78 is 5.33. The Bertz CT molecular complexity index is 428. The van der Waals surface area contributed by atoms with Gasteiger partial charge in [-0.2, -0.15) is 0 Å². The highest BCUT2D eigenvalue weighted by Crippen LogP contribution is 2.19. The summed E-state index contributed by atoms with van der Waals surface area (Å²) in [5.74, 6) is -0.809. The Morgan fingerprint density at radius 1 is 1.67 bits per heavy atom. The molecule has 5 nitrogen and oxygen atoms in total. The zero-order valence-corrected chi connectivity index (χ0v) is 10.6. The number of halogens is 1. The maximum atomic E-state index is 10.8. The Labute approximate surface area is 110 Å². The van der Waals surface area contributed by atoms with E-state index in [9.17, 15) is 4.79 Å². The molecule has 1 saturated heterocycles. The third-order valence-corrected chi connectivity index (χ3v) is 3.33. The highest BCUT2D eigenvalue weighted by Gasteiger charge is 2.25. The molecule has 1 fully saturated rings. The molecule has 0 bridgehead atoms. The van der Waals surface area contributed by atoms with E-state index in [2.05, 4.69) is 9.88 Å². The first-order chi connectivity index (χ1) is 8.66. The van der Waals surface area contributed by atoms with Crippen molar-refractivity contribution in [3.63, 3.8) is 0 Å². The molecule has 1 N–H and O–H groups in total. The van der Waals surface area contributed by atoms with Crippen LogP contribution in [0.3, 0.4) is 0 Å².